The summed E-state index contributed by atoms with van der Waals surface area (Å²) < 4.78 is 32.0. The first-order valence-corrected chi connectivity index (χ1v) is 10.5. The molecule has 2 rings (SSSR count). The van der Waals surface area contributed by atoms with Gasteiger partial charge in [-0.25, -0.2) is 13.1 Å². The largest absolute Gasteiger partial charge is 0.376 e. The Morgan fingerprint density at radius 1 is 1.15 bits per heavy atom. The quantitative estimate of drug-likeness (QED) is 0.547. The van der Waals surface area contributed by atoms with E-state index in [0.717, 1.165) is 18.4 Å². The van der Waals surface area contributed by atoms with Crippen LogP contribution in [0.3, 0.4) is 0 Å². The molecule has 8 nitrogen and oxygen atoms in total. The lowest BCUT2D eigenvalue weighted by Gasteiger charge is -2.11. The Bertz CT molecular complexity index is 741. The number of carbonyl (C=O) groups is 2. The number of carbonyl (C=O) groups excluding carboxylic acids is 2. The van der Waals surface area contributed by atoms with Crippen molar-refractivity contribution in [2.75, 3.05) is 19.7 Å². The molecule has 9 heteroatoms. The first-order valence-electron chi connectivity index (χ1n) is 9.07. The third kappa shape index (κ3) is 6.93. The van der Waals surface area contributed by atoms with E-state index in [1.165, 1.54) is 12.1 Å². The summed E-state index contributed by atoms with van der Waals surface area (Å²) in [5.74, 6) is -1.36. The van der Waals surface area contributed by atoms with E-state index in [4.69, 9.17) is 4.74 Å². The van der Waals surface area contributed by atoms with Crippen molar-refractivity contribution >= 4 is 21.8 Å². The lowest BCUT2D eigenvalue weighted by Crippen LogP contribution is -2.43. The lowest BCUT2D eigenvalue weighted by atomic mass is 10.1. The number of ether oxygens (including phenoxy) is 1. The zero-order chi connectivity index (χ0) is 19.9. The van der Waals surface area contributed by atoms with E-state index in [-0.39, 0.29) is 23.6 Å². The van der Waals surface area contributed by atoms with E-state index in [0.29, 0.717) is 19.6 Å². The minimum absolute atomic E-state index is 0.0123. The molecule has 0 spiro atoms. The number of hydrogen-bond donors (Lipinski definition) is 3. The van der Waals surface area contributed by atoms with E-state index < -0.39 is 21.8 Å². The van der Waals surface area contributed by atoms with Crippen molar-refractivity contribution in [2.45, 2.75) is 50.2 Å². The van der Waals surface area contributed by atoms with Crippen LogP contribution in [0.5, 0.6) is 0 Å². The Balaban J connectivity index is 1.74. The predicted octanol–water partition coefficient (Wildman–Crippen LogP) is 0.327. The summed E-state index contributed by atoms with van der Waals surface area (Å²) in [4.78, 5) is 23.7. The summed E-state index contributed by atoms with van der Waals surface area (Å²) in [6.45, 7) is 4.83. The molecule has 0 aliphatic carbocycles. The highest BCUT2D eigenvalue weighted by Gasteiger charge is 2.19. The molecule has 1 atom stereocenters. The number of amides is 2. The number of hydrogen-bond acceptors (Lipinski definition) is 5. The molecule has 1 aliphatic rings. The molecule has 0 aromatic heterocycles. The normalized spacial score (nSPS) is 17.1. The monoisotopic (exact) mass is 397 g/mol. The van der Waals surface area contributed by atoms with Crippen LogP contribution in [0.15, 0.2) is 29.2 Å². The molecule has 1 saturated heterocycles. The van der Waals surface area contributed by atoms with Gasteiger partial charge in [-0.1, -0.05) is 12.1 Å². The van der Waals surface area contributed by atoms with Gasteiger partial charge in [0.05, 0.1) is 11.0 Å². The van der Waals surface area contributed by atoms with E-state index in [9.17, 15) is 18.0 Å². The smallest absolute Gasteiger partial charge is 0.309 e. The second-order valence-corrected chi connectivity index (χ2v) is 8.48. The highest BCUT2D eigenvalue weighted by atomic mass is 32.2. The summed E-state index contributed by atoms with van der Waals surface area (Å²) in [5, 5.41) is 5.12. The molecular weight excluding hydrogens is 370 g/mol. The Labute approximate surface area is 160 Å². The van der Waals surface area contributed by atoms with Crippen LogP contribution in [0, 0.1) is 0 Å². The third-order valence-electron chi connectivity index (χ3n) is 4.04. The average Bonchev–Trinajstić information content (AvgIpc) is 3.12. The van der Waals surface area contributed by atoms with Gasteiger partial charge in [0.15, 0.2) is 0 Å². The molecule has 1 aromatic carbocycles. The minimum Gasteiger partial charge on any atom is -0.376 e. The molecule has 1 fully saturated rings. The van der Waals surface area contributed by atoms with Gasteiger partial charge in [-0.3, -0.25) is 9.59 Å². The first-order chi connectivity index (χ1) is 12.8. The molecule has 3 N–H and O–H groups in total. The molecule has 1 aliphatic heterocycles. The highest BCUT2D eigenvalue weighted by Crippen LogP contribution is 2.12. The van der Waals surface area contributed by atoms with E-state index in [1.54, 1.807) is 26.0 Å². The first kappa shape index (κ1) is 21.3. The van der Waals surface area contributed by atoms with Crippen molar-refractivity contribution < 1.29 is 22.7 Å². The maximum absolute atomic E-state index is 12.1. The number of sulfonamides is 1. The maximum Gasteiger partial charge on any atom is 0.309 e. The van der Waals surface area contributed by atoms with Crippen LogP contribution < -0.4 is 15.4 Å². The maximum atomic E-state index is 12.1. The molecule has 150 valence electrons. The van der Waals surface area contributed by atoms with Gasteiger partial charge in [0.25, 0.3) is 0 Å². The standard InChI is InChI=1S/C18H27N3O5S/c1-13(2)21-27(24,25)16-7-5-14(6-8-16)9-10-19-17(22)18(23)20-12-15-4-3-11-26-15/h5-8,13,15,21H,3-4,9-12H2,1-2H3,(H,19,22)(H,20,23)/t15-/m0/s1. The molecule has 0 radical (unpaired) electrons. The zero-order valence-electron chi connectivity index (χ0n) is 15.7. The molecule has 2 amide bonds. The Morgan fingerprint density at radius 3 is 2.41 bits per heavy atom. The fraction of sp³-hybridized carbons (Fsp3) is 0.556. The molecule has 27 heavy (non-hydrogen) atoms. The van der Waals surface area contributed by atoms with Crippen molar-refractivity contribution in [3.05, 3.63) is 29.8 Å². The Morgan fingerprint density at radius 2 is 1.81 bits per heavy atom. The summed E-state index contributed by atoms with van der Waals surface area (Å²) in [7, 11) is -3.52. The van der Waals surface area contributed by atoms with Crippen molar-refractivity contribution in [2.24, 2.45) is 0 Å². The van der Waals surface area contributed by atoms with E-state index in [2.05, 4.69) is 15.4 Å². The second-order valence-electron chi connectivity index (χ2n) is 6.77. The molecule has 1 aromatic rings. The highest BCUT2D eigenvalue weighted by molar-refractivity contribution is 7.89. The minimum atomic E-state index is -3.52. The van der Waals surface area contributed by atoms with Crippen LogP contribution in [0.2, 0.25) is 0 Å². The predicted molar refractivity (Wildman–Crippen MR) is 101 cm³/mol. The van der Waals surface area contributed by atoms with Gasteiger partial charge in [0.1, 0.15) is 0 Å². The van der Waals surface area contributed by atoms with Gasteiger partial charge < -0.3 is 15.4 Å². The van der Waals surface area contributed by atoms with E-state index in [1.807, 2.05) is 0 Å². The average molecular weight is 397 g/mol. The summed E-state index contributed by atoms with van der Waals surface area (Å²) in [6, 6.07) is 6.25. The molecule has 0 saturated carbocycles. The van der Waals surface area contributed by atoms with Crippen LogP contribution in [0.4, 0.5) is 0 Å². The lowest BCUT2D eigenvalue weighted by molar-refractivity contribution is -0.139. The number of rotatable bonds is 8. The summed E-state index contributed by atoms with van der Waals surface area (Å²) >= 11 is 0. The second kappa shape index (κ2) is 9.82. The van der Waals surface area contributed by atoms with Gasteiger partial charge >= 0.3 is 11.8 Å². The van der Waals surface area contributed by atoms with Gasteiger partial charge in [-0.05, 0) is 50.8 Å². The van der Waals surface area contributed by atoms with Gasteiger partial charge in [-0.2, -0.15) is 0 Å². The van der Waals surface area contributed by atoms with Crippen molar-refractivity contribution in [1.82, 2.24) is 15.4 Å². The third-order valence-corrected chi connectivity index (χ3v) is 5.72. The van der Waals surface area contributed by atoms with Crippen LogP contribution in [-0.2, 0) is 30.8 Å². The molecule has 0 bridgehead atoms. The van der Waals surface area contributed by atoms with Crippen LogP contribution in [-0.4, -0.2) is 52.1 Å². The van der Waals surface area contributed by atoms with Gasteiger partial charge in [0, 0.05) is 25.7 Å². The van der Waals surface area contributed by atoms with Crippen LogP contribution in [0.25, 0.3) is 0 Å². The van der Waals surface area contributed by atoms with E-state index >= 15 is 0 Å². The molecular formula is C18H27N3O5S. The van der Waals surface area contributed by atoms with Crippen LogP contribution >= 0.6 is 0 Å². The summed E-state index contributed by atoms with van der Waals surface area (Å²) in [6.07, 6.45) is 2.34. The van der Waals surface area contributed by atoms with Crippen molar-refractivity contribution in [3.8, 4) is 0 Å². The molecule has 0 unspecified atom stereocenters. The number of nitrogens with one attached hydrogen (secondary N) is 3. The van der Waals surface area contributed by atoms with Gasteiger partial charge in [0.2, 0.25) is 10.0 Å². The Hall–Kier alpha value is -1.97. The summed E-state index contributed by atoms with van der Waals surface area (Å²) in [5.41, 5.74) is 0.860. The topological polar surface area (TPSA) is 114 Å². The zero-order valence-corrected chi connectivity index (χ0v) is 16.5. The van der Waals surface area contributed by atoms with Gasteiger partial charge in [-0.15, -0.1) is 0 Å². The fourth-order valence-corrected chi connectivity index (χ4v) is 3.96. The number of benzene rings is 1. The van der Waals surface area contributed by atoms with Crippen molar-refractivity contribution in [3.63, 3.8) is 0 Å². The van der Waals surface area contributed by atoms with Crippen LogP contribution in [0.1, 0.15) is 32.3 Å². The Kier molecular flexibility index (Phi) is 7.76. The SMILES string of the molecule is CC(C)NS(=O)(=O)c1ccc(CCNC(=O)C(=O)NC[C@@H]2CCCO2)cc1. The molecule has 1 heterocycles. The fourth-order valence-electron chi connectivity index (χ4n) is 2.71. The van der Waals surface area contributed by atoms with Crippen molar-refractivity contribution in [1.29, 1.82) is 0 Å².